The largest absolute Gasteiger partial charge is 0.586 e. The van der Waals surface area contributed by atoms with Gasteiger partial charge in [-0.15, -0.1) is 8.78 Å². The van der Waals surface area contributed by atoms with Crippen LogP contribution in [0.5, 0.6) is 11.5 Å². The number of carbonyl (C=O) groups is 1. The van der Waals surface area contributed by atoms with E-state index in [1.54, 1.807) is 18.2 Å². The molecule has 3 rings (SSSR count). The summed E-state index contributed by atoms with van der Waals surface area (Å²) >= 11 is 2.05. The van der Waals surface area contributed by atoms with Gasteiger partial charge in [0.25, 0.3) is 5.91 Å². The Bertz CT molecular complexity index is 721. The van der Waals surface area contributed by atoms with E-state index in [9.17, 15) is 13.6 Å². The van der Waals surface area contributed by atoms with Crippen LogP contribution in [0, 0.1) is 3.57 Å². The summed E-state index contributed by atoms with van der Waals surface area (Å²) in [5.41, 5.74) is 0.848. The van der Waals surface area contributed by atoms with Crippen LogP contribution in [0.3, 0.4) is 0 Å². The average Bonchev–Trinajstić information content (AvgIpc) is 2.72. The smallest absolute Gasteiger partial charge is 0.395 e. The van der Waals surface area contributed by atoms with Gasteiger partial charge in [0.05, 0.1) is 5.56 Å². The summed E-state index contributed by atoms with van der Waals surface area (Å²) in [6, 6.07) is 11.1. The van der Waals surface area contributed by atoms with Crippen LogP contribution in [0.4, 0.5) is 14.5 Å². The fourth-order valence-corrected chi connectivity index (χ4v) is 2.50. The predicted molar refractivity (Wildman–Crippen MR) is 79.8 cm³/mol. The van der Waals surface area contributed by atoms with E-state index in [4.69, 9.17) is 0 Å². The van der Waals surface area contributed by atoms with Gasteiger partial charge in [-0.05, 0) is 46.9 Å². The van der Waals surface area contributed by atoms with Crippen molar-refractivity contribution in [1.82, 2.24) is 0 Å². The molecule has 1 N–H and O–H groups in total. The number of benzene rings is 2. The number of anilines is 1. The predicted octanol–water partition coefficient (Wildman–Crippen LogP) is 3.87. The Morgan fingerprint density at radius 3 is 2.57 bits per heavy atom. The number of halogens is 3. The van der Waals surface area contributed by atoms with Crippen molar-refractivity contribution in [2.45, 2.75) is 6.29 Å². The Kier molecular flexibility index (Phi) is 3.44. The highest BCUT2D eigenvalue weighted by Crippen LogP contribution is 2.42. The summed E-state index contributed by atoms with van der Waals surface area (Å²) in [5, 5.41) is 2.63. The number of nitrogens with one attached hydrogen (secondary N) is 1. The standard InChI is InChI=1S/C14H8F2INO3/c15-14(16)20-11-6-5-8(7-12(11)21-14)18-13(19)9-3-1-2-4-10(9)17/h1-7H,(H,18,19). The number of rotatable bonds is 2. The zero-order valence-electron chi connectivity index (χ0n) is 10.4. The second-order valence-electron chi connectivity index (χ2n) is 4.26. The van der Waals surface area contributed by atoms with Crippen molar-refractivity contribution in [3.8, 4) is 11.5 Å². The summed E-state index contributed by atoms with van der Waals surface area (Å²) in [6.07, 6.45) is -3.67. The van der Waals surface area contributed by atoms with E-state index in [-0.39, 0.29) is 17.4 Å². The van der Waals surface area contributed by atoms with E-state index in [1.165, 1.54) is 18.2 Å². The molecule has 0 fully saturated rings. The third-order valence-corrected chi connectivity index (χ3v) is 3.72. The van der Waals surface area contributed by atoms with Crippen LogP contribution in [0.25, 0.3) is 0 Å². The van der Waals surface area contributed by atoms with Crippen molar-refractivity contribution in [3.05, 3.63) is 51.6 Å². The molecule has 1 amide bonds. The van der Waals surface area contributed by atoms with Crippen molar-refractivity contribution in [1.29, 1.82) is 0 Å². The summed E-state index contributed by atoms with van der Waals surface area (Å²) in [5.74, 6) is -0.501. The van der Waals surface area contributed by atoms with Gasteiger partial charge in [0, 0.05) is 15.3 Å². The zero-order chi connectivity index (χ0) is 15.0. The van der Waals surface area contributed by atoms with Gasteiger partial charge < -0.3 is 14.8 Å². The molecule has 0 saturated carbocycles. The molecule has 1 aliphatic rings. The van der Waals surface area contributed by atoms with E-state index in [2.05, 4.69) is 14.8 Å². The topological polar surface area (TPSA) is 47.6 Å². The lowest BCUT2D eigenvalue weighted by atomic mass is 10.2. The molecule has 21 heavy (non-hydrogen) atoms. The van der Waals surface area contributed by atoms with Crippen molar-refractivity contribution >= 4 is 34.2 Å². The Balaban J connectivity index is 1.81. The molecule has 4 nitrogen and oxygen atoms in total. The zero-order valence-corrected chi connectivity index (χ0v) is 12.6. The summed E-state index contributed by atoms with van der Waals surface area (Å²) in [7, 11) is 0. The van der Waals surface area contributed by atoms with Crippen LogP contribution in [0.1, 0.15) is 10.4 Å². The fraction of sp³-hybridized carbons (Fsp3) is 0.0714. The van der Waals surface area contributed by atoms with E-state index in [0.29, 0.717) is 11.3 Å². The van der Waals surface area contributed by atoms with Crippen molar-refractivity contribution in [2.24, 2.45) is 0 Å². The van der Waals surface area contributed by atoms with Crippen LogP contribution in [-0.2, 0) is 0 Å². The Morgan fingerprint density at radius 2 is 1.81 bits per heavy atom. The van der Waals surface area contributed by atoms with E-state index < -0.39 is 6.29 Å². The highest BCUT2D eigenvalue weighted by Gasteiger charge is 2.43. The van der Waals surface area contributed by atoms with Crippen molar-refractivity contribution in [3.63, 3.8) is 0 Å². The first kappa shape index (κ1) is 14.1. The molecule has 0 aliphatic carbocycles. The molecule has 1 aliphatic heterocycles. The SMILES string of the molecule is O=C(Nc1ccc2c(c1)OC(F)(F)O2)c1ccccc1I. The summed E-state index contributed by atoms with van der Waals surface area (Å²) in [4.78, 5) is 12.1. The van der Waals surface area contributed by atoms with E-state index in [0.717, 1.165) is 3.57 Å². The van der Waals surface area contributed by atoms with Crippen molar-refractivity contribution in [2.75, 3.05) is 5.32 Å². The number of hydrogen-bond acceptors (Lipinski definition) is 3. The number of hydrogen-bond donors (Lipinski definition) is 1. The molecule has 0 unspecified atom stereocenters. The van der Waals surface area contributed by atoms with E-state index in [1.807, 2.05) is 28.7 Å². The van der Waals surface area contributed by atoms with Crippen LogP contribution >= 0.6 is 22.6 Å². The normalized spacial score (nSPS) is 14.8. The molecule has 0 bridgehead atoms. The van der Waals surface area contributed by atoms with E-state index >= 15 is 0 Å². The molecule has 2 aromatic carbocycles. The number of ether oxygens (including phenoxy) is 2. The molecule has 0 atom stereocenters. The Morgan fingerprint density at radius 1 is 1.10 bits per heavy atom. The highest BCUT2D eigenvalue weighted by molar-refractivity contribution is 14.1. The first-order valence-corrected chi connectivity index (χ1v) is 6.98. The Labute approximate surface area is 132 Å². The third-order valence-electron chi connectivity index (χ3n) is 2.78. The van der Waals surface area contributed by atoms with Crippen LogP contribution in [0.2, 0.25) is 0 Å². The monoisotopic (exact) mass is 403 g/mol. The summed E-state index contributed by atoms with van der Waals surface area (Å²) < 4.78 is 35.3. The molecule has 1 heterocycles. The Hall–Kier alpha value is -1.90. The van der Waals surface area contributed by atoms with Crippen LogP contribution < -0.4 is 14.8 Å². The number of alkyl halides is 2. The second kappa shape index (κ2) is 5.14. The maximum absolute atomic E-state index is 12.9. The van der Waals surface area contributed by atoms with Gasteiger partial charge in [-0.2, -0.15) is 0 Å². The maximum Gasteiger partial charge on any atom is 0.586 e. The number of amides is 1. The minimum atomic E-state index is -3.67. The van der Waals surface area contributed by atoms with Crippen LogP contribution in [-0.4, -0.2) is 12.2 Å². The second-order valence-corrected chi connectivity index (χ2v) is 5.43. The third kappa shape index (κ3) is 2.92. The van der Waals surface area contributed by atoms with Gasteiger partial charge in [-0.25, -0.2) is 0 Å². The quantitative estimate of drug-likeness (QED) is 0.775. The number of fused-ring (bicyclic) bond motifs is 1. The van der Waals surface area contributed by atoms with Crippen molar-refractivity contribution < 1.29 is 23.0 Å². The lowest BCUT2D eigenvalue weighted by Crippen LogP contribution is -2.25. The van der Waals surface area contributed by atoms with Gasteiger partial charge in [-0.1, -0.05) is 12.1 Å². The average molecular weight is 403 g/mol. The maximum atomic E-state index is 12.9. The minimum absolute atomic E-state index is 0.0627. The molecule has 7 heteroatoms. The van der Waals surface area contributed by atoms with Gasteiger partial charge in [0.2, 0.25) is 0 Å². The number of carbonyl (C=O) groups excluding carboxylic acids is 1. The molecule has 108 valence electrons. The fourth-order valence-electron chi connectivity index (χ4n) is 1.87. The molecule has 2 aromatic rings. The lowest BCUT2D eigenvalue weighted by molar-refractivity contribution is -0.286. The van der Waals surface area contributed by atoms with Gasteiger partial charge >= 0.3 is 6.29 Å². The van der Waals surface area contributed by atoms with Gasteiger partial charge in [0.1, 0.15) is 0 Å². The minimum Gasteiger partial charge on any atom is -0.395 e. The molecule has 0 radical (unpaired) electrons. The van der Waals surface area contributed by atoms with Gasteiger partial charge in [0.15, 0.2) is 11.5 Å². The molecule has 0 spiro atoms. The molecular formula is C14H8F2INO3. The first-order valence-electron chi connectivity index (χ1n) is 5.90. The van der Waals surface area contributed by atoms with Gasteiger partial charge in [-0.3, -0.25) is 4.79 Å². The lowest BCUT2D eigenvalue weighted by Gasteiger charge is -2.07. The molecule has 0 aromatic heterocycles. The molecular weight excluding hydrogens is 395 g/mol. The molecule has 0 saturated heterocycles. The highest BCUT2D eigenvalue weighted by atomic mass is 127. The first-order chi connectivity index (χ1) is 9.94. The summed E-state index contributed by atoms with van der Waals surface area (Å²) in [6.45, 7) is 0. The van der Waals surface area contributed by atoms with Crippen LogP contribution in [0.15, 0.2) is 42.5 Å².